The van der Waals surface area contributed by atoms with Gasteiger partial charge in [-0.2, -0.15) is 0 Å². The summed E-state index contributed by atoms with van der Waals surface area (Å²) in [6.45, 7) is 0. The van der Waals surface area contributed by atoms with Gasteiger partial charge in [-0.3, -0.25) is 0 Å². The highest BCUT2D eigenvalue weighted by Crippen LogP contribution is 2.38. The van der Waals surface area contributed by atoms with Gasteiger partial charge in [-0.15, -0.1) is 0 Å². The number of anilines is 3. The summed E-state index contributed by atoms with van der Waals surface area (Å²) in [5.41, 5.74) is 11.8. The molecule has 0 bridgehead atoms. The Morgan fingerprint density at radius 1 is 0.304 bits per heavy atom. The molecule has 5 nitrogen and oxygen atoms in total. The molecule has 0 aliphatic carbocycles. The Morgan fingerprint density at radius 3 is 1.38 bits per heavy atom. The highest BCUT2D eigenvalue weighted by atomic mass is 15.1. The van der Waals surface area contributed by atoms with E-state index in [0.717, 1.165) is 56.0 Å². The fourth-order valence-corrected chi connectivity index (χ4v) is 7.56. The fourth-order valence-electron chi connectivity index (χ4n) is 7.56. The number of hydrogen-bond donors (Lipinski definition) is 0. The first-order valence-corrected chi connectivity index (χ1v) is 18.8. The molecule has 56 heavy (non-hydrogen) atoms. The maximum absolute atomic E-state index is 5.01. The van der Waals surface area contributed by atoms with Crippen LogP contribution in [0.25, 0.3) is 72.8 Å². The largest absolute Gasteiger partial charge is 0.311 e. The Labute approximate surface area is 325 Å². The molecule has 264 valence electrons. The third-order valence-electron chi connectivity index (χ3n) is 10.2. The summed E-state index contributed by atoms with van der Waals surface area (Å²) in [7, 11) is 0. The minimum atomic E-state index is 0.629. The third-order valence-corrected chi connectivity index (χ3v) is 10.2. The monoisotopic (exact) mass is 717 g/mol. The van der Waals surface area contributed by atoms with Crippen LogP contribution >= 0.6 is 0 Å². The van der Waals surface area contributed by atoms with Gasteiger partial charge in [0.2, 0.25) is 0 Å². The Bertz CT molecular complexity index is 2850. The molecule has 8 aromatic carbocycles. The number of nitrogens with zero attached hydrogens (tertiary/aromatic N) is 5. The third kappa shape index (κ3) is 6.17. The van der Waals surface area contributed by atoms with Crippen molar-refractivity contribution in [2.45, 2.75) is 0 Å². The van der Waals surface area contributed by atoms with Gasteiger partial charge >= 0.3 is 0 Å². The molecule has 0 spiro atoms. The first-order chi connectivity index (χ1) is 27.8. The van der Waals surface area contributed by atoms with E-state index in [9.17, 15) is 0 Å². The second kappa shape index (κ2) is 14.3. The zero-order valence-corrected chi connectivity index (χ0v) is 30.4. The standard InChI is InChI=1S/C51H35N5/c1-5-16-37(17-6-1)49-52-50(38-18-7-2-8-19-38)54-51(53-49)40-20-15-25-44(34-40)56-47-27-14-13-26-45(47)46-35-39(30-33-48(46)56)36-28-31-43(32-29-36)55(41-21-9-3-10-22-41)42-23-11-4-12-24-42/h1-35H. The molecule has 2 aromatic heterocycles. The predicted molar refractivity (Wildman–Crippen MR) is 231 cm³/mol. The number of benzene rings is 8. The first kappa shape index (κ1) is 33.0. The lowest BCUT2D eigenvalue weighted by Gasteiger charge is -2.25. The molecule has 10 aromatic rings. The average Bonchev–Trinajstić information content (AvgIpc) is 3.62. The zero-order chi connectivity index (χ0) is 37.3. The van der Waals surface area contributed by atoms with Crippen LogP contribution in [0, 0.1) is 0 Å². The second-order valence-corrected chi connectivity index (χ2v) is 13.7. The summed E-state index contributed by atoms with van der Waals surface area (Å²) in [5, 5.41) is 2.39. The van der Waals surface area contributed by atoms with Crippen LogP contribution in [0.2, 0.25) is 0 Å². The Balaban J connectivity index is 1.05. The van der Waals surface area contributed by atoms with Crippen molar-refractivity contribution < 1.29 is 0 Å². The molecular weight excluding hydrogens is 683 g/mol. The highest BCUT2D eigenvalue weighted by Gasteiger charge is 2.17. The van der Waals surface area contributed by atoms with Crippen molar-refractivity contribution in [2.75, 3.05) is 4.90 Å². The summed E-state index contributed by atoms with van der Waals surface area (Å²) in [6, 6.07) is 74.0. The summed E-state index contributed by atoms with van der Waals surface area (Å²) in [4.78, 5) is 17.2. The molecule has 5 heteroatoms. The molecule has 0 N–H and O–H groups in total. The van der Waals surface area contributed by atoms with Crippen LogP contribution in [0.1, 0.15) is 0 Å². The minimum Gasteiger partial charge on any atom is -0.311 e. The van der Waals surface area contributed by atoms with Gasteiger partial charge in [0.1, 0.15) is 0 Å². The molecule has 0 aliphatic rings. The van der Waals surface area contributed by atoms with E-state index in [0.29, 0.717) is 17.5 Å². The first-order valence-electron chi connectivity index (χ1n) is 18.8. The molecule has 2 heterocycles. The normalized spacial score (nSPS) is 11.2. The Hall–Kier alpha value is -7.63. The van der Waals surface area contributed by atoms with E-state index in [2.05, 4.69) is 161 Å². The van der Waals surface area contributed by atoms with Crippen LogP contribution in [-0.2, 0) is 0 Å². The van der Waals surface area contributed by atoms with E-state index < -0.39 is 0 Å². The van der Waals surface area contributed by atoms with E-state index >= 15 is 0 Å². The molecule has 0 saturated carbocycles. The molecule has 0 radical (unpaired) electrons. The van der Waals surface area contributed by atoms with Gasteiger partial charge in [0.15, 0.2) is 17.5 Å². The number of hydrogen-bond acceptors (Lipinski definition) is 4. The second-order valence-electron chi connectivity index (χ2n) is 13.7. The Kier molecular flexibility index (Phi) is 8.43. The SMILES string of the molecule is c1ccc(-c2nc(-c3ccccc3)nc(-c3cccc(-n4c5ccccc5c5cc(-c6ccc(N(c7ccccc7)c7ccccc7)cc6)ccc54)c3)n2)cc1. The van der Waals surface area contributed by atoms with Crippen molar-refractivity contribution >= 4 is 38.9 Å². The zero-order valence-electron chi connectivity index (χ0n) is 30.4. The van der Waals surface area contributed by atoms with E-state index in [4.69, 9.17) is 15.0 Å². The van der Waals surface area contributed by atoms with Crippen LogP contribution in [0.4, 0.5) is 17.1 Å². The van der Waals surface area contributed by atoms with Crippen molar-refractivity contribution in [1.29, 1.82) is 0 Å². The number of para-hydroxylation sites is 3. The average molecular weight is 718 g/mol. The molecule has 0 atom stereocenters. The maximum atomic E-state index is 5.01. The lowest BCUT2D eigenvalue weighted by atomic mass is 10.0. The van der Waals surface area contributed by atoms with Crippen LogP contribution in [0.15, 0.2) is 212 Å². The Morgan fingerprint density at radius 2 is 0.768 bits per heavy atom. The van der Waals surface area contributed by atoms with E-state index in [-0.39, 0.29) is 0 Å². The maximum Gasteiger partial charge on any atom is 0.164 e. The van der Waals surface area contributed by atoms with Crippen molar-refractivity contribution in [1.82, 2.24) is 19.5 Å². The topological polar surface area (TPSA) is 46.8 Å². The van der Waals surface area contributed by atoms with Gasteiger partial charge in [-0.1, -0.05) is 146 Å². The van der Waals surface area contributed by atoms with Gasteiger partial charge in [-0.25, -0.2) is 15.0 Å². The van der Waals surface area contributed by atoms with Gasteiger partial charge in [0.05, 0.1) is 11.0 Å². The fraction of sp³-hybridized carbons (Fsp3) is 0. The predicted octanol–water partition coefficient (Wildman–Crippen LogP) is 13.1. The van der Waals surface area contributed by atoms with E-state index in [1.807, 2.05) is 60.7 Å². The van der Waals surface area contributed by atoms with E-state index in [1.165, 1.54) is 16.3 Å². The molecule has 0 amide bonds. The molecule has 0 saturated heterocycles. The van der Waals surface area contributed by atoms with Crippen LogP contribution in [0.5, 0.6) is 0 Å². The van der Waals surface area contributed by atoms with Gasteiger partial charge < -0.3 is 9.47 Å². The van der Waals surface area contributed by atoms with Crippen LogP contribution in [-0.4, -0.2) is 19.5 Å². The quantitative estimate of drug-likeness (QED) is 0.157. The molecular formula is C51H35N5. The highest BCUT2D eigenvalue weighted by molar-refractivity contribution is 6.10. The van der Waals surface area contributed by atoms with Gasteiger partial charge in [0, 0.05) is 50.2 Å². The summed E-state index contributed by atoms with van der Waals surface area (Å²) in [5.74, 6) is 1.92. The van der Waals surface area contributed by atoms with Crippen molar-refractivity contribution in [3.05, 3.63) is 212 Å². The van der Waals surface area contributed by atoms with E-state index in [1.54, 1.807) is 0 Å². The number of rotatable bonds is 8. The molecule has 0 fully saturated rings. The summed E-state index contributed by atoms with van der Waals surface area (Å²) in [6.07, 6.45) is 0. The number of fused-ring (bicyclic) bond motifs is 3. The summed E-state index contributed by atoms with van der Waals surface area (Å²) >= 11 is 0. The molecule has 0 unspecified atom stereocenters. The number of aromatic nitrogens is 4. The van der Waals surface area contributed by atoms with Crippen LogP contribution < -0.4 is 4.90 Å². The van der Waals surface area contributed by atoms with Crippen molar-refractivity contribution in [2.24, 2.45) is 0 Å². The molecule has 0 aliphatic heterocycles. The minimum absolute atomic E-state index is 0.629. The van der Waals surface area contributed by atoms with Crippen molar-refractivity contribution in [3.63, 3.8) is 0 Å². The van der Waals surface area contributed by atoms with Crippen LogP contribution in [0.3, 0.4) is 0 Å². The lowest BCUT2D eigenvalue weighted by molar-refractivity contribution is 1.07. The van der Waals surface area contributed by atoms with Gasteiger partial charge in [0.25, 0.3) is 0 Å². The van der Waals surface area contributed by atoms with Crippen molar-refractivity contribution in [3.8, 4) is 51.0 Å². The summed E-state index contributed by atoms with van der Waals surface area (Å²) < 4.78 is 2.34. The van der Waals surface area contributed by atoms with Gasteiger partial charge in [-0.05, 0) is 77.9 Å². The molecule has 10 rings (SSSR count). The lowest BCUT2D eigenvalue weighted by Crippen LogP contribution is -2.09. The smallest absolute Gasteiger partial charge is 0.164 e.